The maximum Gasteiger partial charge on any atom is 0.258 e. The van der Waals surface area contributed by atoms with Gasteiger partial charge in [0.15, 0.2) is 0 Å². The molecule has 0 fully saturated rings. The Labute approximate surface area is 237 Å². The van der Waals surface area contributed by atoms with Crippen molar-refractivity contribution >= 4 is 29.3 Å². The fourth-order valence-corrected chi connectivity index (χ4v) is 5.10. The smallest absolute Gasteiger partial charge is 0.258 e. The van der Waals surface area contributed by atoms with Crippen molar-refractivity contribution in [2.24, 2.45) is 5.92 Å². The Kier molecular flexibility index (Phi) is 11.7. The molecule has 1 atom stereocenters. The van der Waals surface area contributed by atoms with Gasteiger partial charge in [-0.05, 0) is 62.3 Å². The molecule has 39 heavy (non-hydrogen) atoms. The van der Waals surface area contributed by atoms with Crippen molar-refractivity contribution in [1.82, 2.24) is 24.5 Å². The van der Waals surface area contributed by atoms with Gasteiger partial charge in [-0.1, -0.05) is 25.4 Å². The summed E-state index contributed by atoms with van der Waals surface area (Å²) in [6, 6.07) is 6.24. The second kappa shape index (κ2) is 14.9. The number of rotatable bonds is 5. The Hall–Kier alpha value is -3.07. The third kappa shape index (κ3) is 8.71. The number of hydrogen-bond donors (Lipinski definition) is 0. The molecule has 2 heterocycles. The number of fused-ring (bicyclic) bond motifs is 1. The van der Waals surface area contributed by atoms with E-state index < -0.39 is 6.04 Å². The van der Waals surface area contributed by atoms with E-state index in [1.165, 1.54) is 4.90 Å². The van der Waals surface area contributed by atoms with Crippen LogP contribution in [0.1, 0.15) is 62.7 Å². The highest BCUT2D eigenvalue weighted by Gasteiger charge is 2.33. The highest BCUT2D eigenvalue weighted by Crippen LogP contribution is 2.26. The summed E-state index contributed by atoms with van der Waals surface area (Å²) in [5, 5.41) is 4.63. The van der Waals surface area contributed by atoms with Crippen LogP contribution in [0.4, 0.5) is 0 Å². The Morgan fingerprint density at radius 3 is 2.51 bits per heavy atom. The third-order valence-electron chi connectivity index (χ3n) is 7.11. The van der Waals surface area contributed by atoms with Crippen molar-refractivity contribution in [2.45, 2.75) is 65.0 Å². The molecule has 0 spiro atoms. The van der Waals surface area contributed by atoms with Crippen molar-refractivity contribution in [3.05, 3.63) is 47.2 Å². The minimum atomic E-state index is -0.627. The van der Waals surface area contributed by atoms with Crippen LogP contribution in [0.25, 0.3) is 0 Å². The normalized spacial score (nSPS) is 18.6. The first-order valence-corrected chi connectivity index (χ1v) is 14.3. The first-order chi connectivity index (χ1) is 18.7. The second-order valence-electron chi connectivity index (χ2n) is 10.5. The number of likely N-dealkylation sites (N-methyl/N-ethyl adjacent to an activating group) is 2. The van der Waals surface area contributed by atoms with Crippen molar-refractivity contribution < 1.29 is 19.1 Å². The summed E-state index contributed by atoms with van der Waals surface area (Å²) in [5.41, 5.74) is 0.337. The Bertz CT molecular complexity index is 1090. The van der Waals surface area contributed by atoms with E-state index in [0.29, 0.717) is 55.5 Å². The predicted octanol–water partition coefficient (Wildman–Crippen LogP) is 4.35. The molecule has 9 nitrogen and oxygen atoms in total. The van der Waals surface area contributed by atoms with Crippen LogP contribution in [0.5, 0.6) is 5.75 Å². The van der Waals surface area contributed by atoms with E-state index >= 15 is 0 Å². The molecule has 0 aliphatic carbocycles. The van der Waals surface area contributed by atoms with Gasteiger partial charge in [-0.25, -0.2) is 0 Å². The monoisotopic (exact) mass is 559 g/mol. The lowest BCUT2D eigenvalue weighted by Gasteiger charge is -2.33. The summed E-state index contributed by atoms with van der Waals surface area (Å²) in [6.45, 7) is 6.84. The zero-order valence-electron chi connectivity index (χ0n) is 23.6. The number of aromatic nitrogens is 2. The average Bonchev–Trinajstić information content (AvgIpc) is 3.42. The zero-order chi connectivity index (χ0) is 28.4. The number of hydrogen-bond acceptors (Lipinski definition) is 5. The Morgan fingerprint density at radius 1 is 1.10 bits per heavy atom. The summed E-state index contributed by atoms with van der Waals surface area (Å²) in [5.74, 6) is 0.0766. The number of benzene rings is 1. The molecule has 3 amide bonds. The molecule has 2 aromatic rings. The first-order valence-electron chi connectivity index (χ1n) is 13.9. The zero-order valence-corrected chi connectivity index (χ0v) is 24.4. The summed E-state index contributed by atoms with van der Waals surface area (Å²) >= 11 is 6.24. The lowest BCUT2D eigenvalue weighted by molar-refractivity contribution is -0.136. The molecule has 0 N–H and O–H groups in total. The van der Waals surface area contributed by atoms with Gasteiger partial charge < -0.3 is 19.4 Å². The molecule has 1 aliphatic rings. The van der Waals surface area contributed by atoms with Gasteiger partial charge in [-0.3, -0.25) is 19.1 Å². The summed E-state index contributed by atoms with van der Waals surface area (Å²) < 4.78 is 7.86. The second-order valence-corrected chi connectivity index (χ2v) is 11.0. The topological polar surface area (TPSA) is 88.0 Å². The molecule has 1 aromatic heterocycles. The fourth-order valence-electron chi connectivity index (χ4n) is 4.93. The summed E-state index contributed by atoms with van der Waals surface area (Å²) in [6.07, 6.45) is 7.92. The lowest BCUT2D eigenvalue weighted by Crippen LogP contribution is -2.51. The molecule has 0 radical (unpaired) electrons. The van der Waals surface area contributed by atoms with Crippen LogP contribution >= 0.6 is 11.6 Å². The molecule has 1 aliphatic heterocycles. The van der Waals surface area contributed by atoms with Gasteiger partial charge in [-0.15, -0.1) is 0 Å². The molecule has 0 saturated carbocycles. The SMILES string of the molecule is CC(C)[C@H]1C(=O)N(C)CCCCN(C(=O)CCCn2cccn2)CCCCOc2ccc(Cl)cc2C(=O)N1C. The van der Waals surface area contributed by atoms with Crippen LogP contribution in [-0.4, -0.2) is 88.6 Å². The van der Waals surface area contributed by atoms with E-state index in [2.05, 4.69) is 5.10 Å². The van der Waals surface area contributed by atoms with Gasteiger partial charge in [0, 0.05) is 64.1 Å². The standard InChI is InChI=1S/C29H42ClN5O4/c1-22(2)27-29(38)32(3)15-5-6-16-34(26(36)11-9-18-35-19-10-14-31-35)17-7-8-20-39-25-13-12-23(30)21-24(25)28(37)33(27)4/h10,12-14,19,21-22,27H,5-9,11,15-18,20H2,1-4H3/t27-/m0/s1. The molecule has 1 aromatic carbocycles. The average molecular weight is 560 g/mol. The van der Waals surface area contributed by atoms with Crippen molar-refractivity contribution in [2.75, 3.05) is 40.3 Å². The minimum Gasteiger partial charge on any atom is -0.493 e. The van der Waals surface area contributed by atoms with E-state index in [1.54, 1.807) is 43.4 Å². The van der Waals surface area contributed by atoms with E-state index in [9.17, 15) is 14.4 Å². The van der Waals surface area contributed by atoms with Gasteiger partial charge in [0.05, 0.1) is 12.2 Å². The summed E-state index contributed by atoms with van der Waals surface area (Å²) in [7, 11) is 3.43. The largest absolute Gasteiger partial charge is 0.493 e. The van der Waals surface area contributed by atoms with Crippen LogP contribution in [-0.2, 0) is 16.1 Å². The molecule has 3 rings (SSSR count). The van der Waals surface area contributed by atoms with Gasteiger partial charge in [0.2, 0.25) is 11.8 Å². The molecule has 214 valence electrons. The number of carbonyl (C=O) groups is 3. The molecule has 10 heteroatoms. The number of aryl methyl sites for hydroxylation is 1. The number of carbonyl (C=O) groups excluding carboxylic acids is 3. The van der Waals surface area contributed by atoms with E-state index in [1.807, 2.05) is 35.7 Å². The van der Waals surface area contributed by atoms with Gasteiger partial charge in [0.25, 0.3) is 5.91 Å². The Balaban J connectivity index is 1.74. The maximum atomic E-state index is 13.5. The van der Waals surface area contributed by atoms with E-state index in [4.69, 9.17) is 16.3 Å². The van der Waals surface area contributed by atoms with Gasteiger partial charge in [-0.2, -0.15) is 5.10 Å². The number of halogens is 1. The minimum absolute atomic E-state index is 0.0885. The quantitative estimate of drug-likeness (QED) is 0.543. The van der Waals surface area contributed by atoms with Crippen LogP contribution in [0.3, 0.4) is 0 Å². The number of nitrogens with zero attached hydrogens (tertiary/aromatic N) is 5. The van der Waals surface area contributed by atoms with Crippen LogP contribution < -0.4 is 4.74 Å². The van der Waals surface area contributed by atoms with E-state index in [-0.39, 0.29) is 23.6 Å². The lowest BCUT2D eigenvalue weighted by atomic mass is 10.00. The van der Waals surface area contributed by atoms with E-state index in [0.717, 1.165) is 32.1 Å². The predicted molar refractivity (Wildman–Crippen MR) is 152 cm³/mol. The highest BCUT2D eigenvalue weighted by molar-refractivity contribution is 6.31. The molecular weight excluding hydrogens is 518 g/mol. The molecular formula is C29H42ClN5O4. The van der Waals surface area contributed by atoms with Crippen LogP contribution in [0, 0.1) is 5.92 Å². The third-order valence-corrected chi connectivity index (χ3v) is 7.35. The fraction of sp³-hybridized carbons (Fsp3) is 0.586. The molecule has 0 bridgehead atoms. The van der Waals surface area contributed by atoms with Crippen molar-refractivity contribution in [3.8, 4) is 5.75 Å². The molecule has 0 unspecified atom stereocenters. The summed E-state index contributed by atoms with van der Waals surface area (Å²) in [4.78, 5) is 45.2. The molecule has 0 saturated heterocycles. The van der Waals surface area contributed by atoms with Gasteiger partial charge >= 0.3 is 0 Å². The first kappa shape index (κ1) is 30.5. The Morgan fingerprint density at radius 2 is 1.82 bits per heavy atom. The van der Waals surface area contributed by atoms with Crippen LogP contribution in [0.2, 0.25) is 5.02 Å². The number of amides is 3. The number of ether oxygens (including phenoxy) is 1. The van der Waals surface area contributed by atoms with Crippen LogP contribution in [0.15, 0.2) is 36.7 Å². The van der Waals surface area contributed by atoms with Crippen molar-refractivity contribution in [3.63, 3.8) is 0 Å². The van der Waals surface area contributed by atoms with Crippen molar-refractivity contribution in [1.29, 1.82) is 0 Å². The maximum absolute atomic E-state index is 13.5. The van der Waals surface area contributed by atoms with Gasteiger partial charge in [0.1, 0.15) is 11.8 Å². The highest BCUT2D eigenvalue weighted by atomic mass is 35.5.